The maximum atomic E-state index is 12.4. The van der Waals surface area contributed by atoms with Gasteiger partial charge in [-0.25, -0.2) is 14.8 Å². The van der Waals surface area contributed by atoms with E-state index < -0.39 is 0 Å². The van der Waals surface area contributed by atoms with Crippen LogP contribution >= 0.6 is 0 Å². The van der Waals surface area contributed by atoms with Crippen LogP contribution in [0.2, 0.25) is 0 Å². The first-order chi connectivity index (χ1) is 14.0. The van der Waals surface area contributed by atoms with Gasteiger partial charge in [-0.3, -0.25) is 0 Å². The van der Waals surface area contributed by atoms with Gasteiger partial charge < -0.3 is 20.4 Å². The summed E-state index contributed by atoms with van der Waals surface area (Å²) in [6, 6.07) is 12.7. The zero-order chi connectivity index (χ0) is 20.4. The molecule has 0 atom stereocenters. The normalized spacial score (nSPS) is 10.7. The Labute approximate surface area is 168 Å². The lowest BCUT2D eigenvalue weighted by Crippen LogP contribution is -2.19. The van der Waals surface area contributed by atoms with Gasteiger partial charge in [0.05, 0.1) is 12.8 Å². The number of benzene rings is 2. The highest BCUT2D eigenvalue weighted by atomic mass is 16.5. The first kappa shape index (κ1) is 18.5. The molecule has 0 spiro atoms. The summed E-state index contributed by atoms with van der Waals surface area (Å²) in [6.45, 7) is 3.98. The van der Waals surface area contributed by atoms with Crippen molar-refractivity contribution in [3.63, 3.8) is 0 Å². The van der Waals surface area contributed by atoms with Crippen LogP contribution in [-0.4, -0.2) is 28.1 Å². The molecule has 7 nitrogen and oxygen atoms in total. The van der Waals surface area contributed by atoms with Crippen molar-refractivity contribution in [3.8, 4) is 17.0 Å². The molecule has 2 aromatic heterocycles. The molecule has 146 valence electrons. The monoisotopic (exact) mass is 387 g/mol. The minimum absolute atomic E-state index is 0.319. The van der Waals surface area contributed by atoms with E-state index >= 15 is 0 Å². The summed E-state index contributed by atoms with van der Waals surface area (Å²) in [5.74, 6) is 0.680. The van der Waals surface area contributed by atoms with Gasteiger partial charge in [0.25, 0.3) is 0 Å². The Kier molecular flexibility index (Phi) is 4.87. The Morgan fingerprint density at radius 2 is 1.90 bits per heavy atom. The Morgan fingerprint density at radius 3 is 2.69 bits per heavy atom. The van der Waals surface area contributed by atoms with Crippen LogP contribution in [-0.2, 0) is 0 Å². The number of amides is 2. The third-order valence-electron chi connectivity index (χ3n) is 4.74. The smallest absolute Gasteiger partial charge is 0.323 e. The van der Waals surface area contributed by atoms with Crippen molar-refractivity contribution in [2.24, 2.45) is 0 Å². The van der Waals surface area contributed by atoms with Gasteiger partial charge >= 0.3 is 6.03 Å². The molecule has 0 aliphatic carbocycles. The number of aromatic nitrogens is 3. The summed E-state index contributed by atoms with van der Waals surface area (Å²) in [7, 11) is 1.59. The summed E-state index contributed by atoms with van der Waals surface area (Å²) >= 11 is 0. The van der Waals surface area contributed by atoms with Crippen LogP contribution in [0.4, 0.5) is 16.2 Å². The van der Waals surface area contributed by atoms with Gasteiger partial charge in [0.2, 0.25) is 0 Å². The Balaban J connectivity index is 1.55. The quantitative estimate of drug-likeness (QED) is 0.465. The number of anilines is 2. The van der Waals surface area contributed by atoms with Crippen LogP contribution in [0.1, 0.15) is 11.1 Å². The molecule has 4 rings (SSSR count). The summed E-state index contributed by atoms with van der Waals surface area (Å²) in [5.41, 5.74) is 6.05. The molecule has 4 aromatic rings. The highest BCUT2D eigenvalue weighted by Gasteiger charge is 2.12. The van der Waals surface area contributed by atoms with E-state index in [4.69, 9.17) is 4.74 Å². The SMILES string of the molecule is COc1cccc(NC(=O)Nc2ccc(-c3ncnc4[nH]cc(C)c34)cc2C)c1. The van der Waals surface area contributed by atoms with Gasteiger partial charge in [-0.2, -0.15) is 0 Å². The van der Waals surface area contributed by atoms with E-state index in [9.17, 15) is 4.79 Å². The number of rotatable bonds is 4. The summed E-state index contributed by atoms with van der Waals surface area (Å²) in [4.78, 5) is 24.3. The molecule has 0 unspecified atom stereocenters. The molecule has 3 N–H and O–H groups in total. The number of urea groups is 1. The molecule has 0 bridgehead atoms. The molecular formula is C22H21N5O2. The molecule has 0 aliphatic heterocycles. The van der Waals surface area contributed by atoms with Crippen LogP contribution in [0, 0.1) is 13.8 Å². The van der Waals surface area contributed by atoms with Gasteiger partial charge in [-0.15, -0.1) is 0 Å². The van der Waals surface area contributed by atoms with Crippen molar-refractivity contribution in [1.29, 1.82) is 0 Å². The minimum Gasteiger partial charge on any atom is -0.497 e. The highest BCUT2D eigenvalue weighted by Crippen LogP contribution is 2.30. The highest BCUT2D eigenvalue weighted by molar-refractivity contribution is 6.01. The average Bonchev–Trinajstić information content (AvgIpc) is 3.11. The van der Waals surface area contributed by atoms with Crippen molar-refractivity contribution in [1.82, 2.24) is 15.0 Å². The fourth-order valence-corrected chi connectivity index (χ4v) is 3.27. The largest absolute Gasteiger partial charge is 0.497 e. The van der Waals surface area contributed by atoms with E-state index in [1.807, 2.05) is 50.4 Å². The topological polar surface area (TPSA) is 91.9 Å². The van der Waals surface area contributed by atoms with E-state index in [0.717, 1.165) is 39.1 Å². The molecule has 7 heteroatoms. The number of aromatic amines is 1. The average molecular weight is 387 g/mol. The lowest BCUT2D eigenvalue weighted by atomic mass is 10.0. The van der Waals surface area contributed by atoms with Gasteiger partial charge in [-0.1, -0.05) is 12.1 Å². The van der Waals surface area contributed by atoms with Crippen LogP contribution in [0.5, 0.6) is 5.75 Å². The minimum atomic E-state index is -0.319. The molecule has 0 saturated heterocycles. The zero-order valence-electron chi connectivity index (χ0n) is 16.4. The number of hydrogen-bond donors (Lipinski definition) is 3. The predicted molar refractivity (Wildman–Crippen MR) is 114 cm³/mol. The third-order valence-corrected chi connectivity index (χ3v) is 4.74. The molecular weight excluding hydrogens is 366 g/mol. The summed E-state index contributed by atoms with van der Waals surface area (Å²) in [5, 5.41) is 6.70. The van der Waals surface area contributed by atoms with Crippen LogP contribution in [0.25, 0.3) is 22.3 Å². The standard InChI is InChI=1S/C22H21N5O2/c1-13-9-15(20-19-14(2)11-23-21(19)25-12-24-20)7-8-18(13)27-22(28)26-16-5-4-6-17(10-16)29-3/h4-12H,1-3H3,(H,23,24,25)(H2,26,27,28). The fraction of sp³-hybridized carbons (Fsp3) is 0.136. The second kappa shape index (κ2) is 7.63. The van der Waals surface area contributed by atoms with Crippen molar-refractivity contribution in [2.75, 3.05) is 17.7 Å². The fourth-order valence-electron chi connectivity index (χ4n) is 3.27. The summed E-state index contributed by atoms with van der Waals surface area (Å²) in [6.07, 6.45) is 3.48. The summed E-state index contributed by atoms with van der Waals surface area (Å²) < 4.78 is 5.18. The van der Waals surface area contributed by atoms with E-state index in [2.05, 4.69) is 25.6 Å². The van der Waals surface area contributed by atoms with Crippen molar-refractivity contribution in [3.05, 3.63) is 66.1 Å². The first-order valence-electron chi connectivity index (χ1n) is 9.17. The molecule has 0 saturated carbocycles. The number of H-pyrrole nitrogens is 1. The van der Waals surface area contributed by atoms with Crippen molar-refractivity contribution in [2.45, 2.75) is 13.8 Å². The maximum absolute atomic E-state index is 12.4. The second-order valence-electron chi connectivity index (χ2n) is 6.76. The molecule has 29 heavy (non-hydrogen) atoms. The molecule has 2 aromatic carbocycles. The first-order valence-corrected chi connectivity index (χ1v) is 9.17. The van der Waals surface area contributed by atoms with E-state index in [1.165, 1.54) is 0 Å². The number of hydrogen-bond acceptors (Lipinski definition) is 4. The van der Waals surface area contributed by atoms with Crippen LogP contribution in [0.15, 0.2) is 55.0 Å². The number of nitrogens with one attached hydrogen (secondary N) is 3. The zero-order valence-corrected chi connectivity index (χ0v) is 16.4. The Hall–Kier alpha value is -3.87. The number of carbonyl (C=O) groups is 1. The maximum Gasteiger partial charge on any atom is 0.323 e. The number of methoxy groups -OCH3 is 1. The number of nitrogens with zero attached hydrogens (tertiary/aromatic N) is 2. The molecule has 2 amide bonds. The van der Waals surface area contributed by atoms with E-state index in [-0.39, 0.29) is 6.03 Å². The molecule has 0 radical (unpaired) electrons. The Bertz CT molecular complexity index is 1200. The second-order valence-corrected chi connectivity index (χ2v) is 6.76. The number of carbonyl (C=O) groups excluding carboxylic acids is 1. The van der Waals surface area contributed by atoms with Crippen LogP contribution < -0.4 is 15.4 Å². The lowest BCUT2D eigenvalue weighted by molar-refractivity contribution is 0.262. The number of fused-ring (bicyclic) bond motifs is 1. The Morgan fingerprint density at radius 1 is 1.03 bits per heavy atom. The van der Waals surface area contributed by atoms with E-state index in [0.29, 0.717) is 11.4 Å². The van der Waals surface area contributed by atoms with Gasteiger partial charge in [0.15, 0.2) is 0 Å². The molecule has 2 heterocycles. The predicted octanol–water partition coefficient (Wildman–Crippen LogP) is 4.89. The number of aryl methyl sites for hydroxylation is 2. The molecule has 0 fully saturated rings. The van der Waals surface area contributed by atoms with E-state index in [1.54, 1.807) is 25.6 Å². The lowest BCUT2D eigenvalue weighted by Gasteiger charge is -2.12. The van der Waals surface area contributed by atoms with Gasteiger partial charge in [-0.05, 0) is 49.2 Å². The van der Waals surface area contributed by atoms with Crippen LogP contribution in [0.3, 0.4) is 0 Å². The van der Waals surface area contributed by atoms with Gasteiger partial charge in [0, 0.05) is 34.6 Å². The van der Waals surface area contributed by atoms with Gasteiger partial charge in [0.1, 0.15) is 17.7 Å². The van der Waals surface area contributed by atoms with Crippen molar-refractivity contribution < 1.29 is 9.53 Å². The third kappa shape index (κ3) is 3.75. The molecule has 0 aliphatic rings. The number of ether oxygens (including phenoxy) is 1. The van der Waals surface area contributed by atoms with Crippen molar-refractivity contribution >= 4 is 28.4 Å².